The van der Waals surface area contributed by atoms with Crippen LogP contribution in [0, 0.1) is 5.41 Å². The van der Waals surface area contributed by atoms with Crippen molar-refractivity contribution in [2.75, 3.05) is 18.2 Å². The lowest BCUT2D eigenvalue weighted by Crippen LogP contribution is -2.55. The van der Waals surface area contributed by atoms with E-state index in [1.54, 1.807) is 12.1 Å². The van der Waals surface area contributed by atoms with E-state index in [1.807, 2.05) is 40.8 Å². The van der Waals surface area contributed by atoms with Crippen LogP contribution in [0.25, 0.3) is 0 Å². The van der Waals surface area contributed by atoms with Gasteiger partial charge in [0.15, 0.2) is 6.10 Å². The summed E-state index contributed by atoms with van der Waals surface area (Å²) >= 11 is 1.44. The number of fused-ring (bicyclic) bond motifs is 1. The molecule has 10 heteroatoms. The minimum atomic E-state index is -1.70. The monoisotopic (exact) mass is 450 g/mol. The van der Waals surface area contributed by atoms with Gasteiger partial charge in [-0.15, -0.1) is 11.8 Å². The zero-order valence-electron chi connectivity index (χ0n) is 18.5. The fraction of sp³-hybridized carbons (Fsp3) is 0.524. The van der Waals surface area contributed by atoms with Crippen LogP contribution in [0.15, 0.2) is 35.2 Å². The molecule has 2 rings (SSSR count). The van der Waals surface area contributed by atoms with Gasteiger partial charge in [-0.2, -0.15) is 0 Å². The highest BCUT2D eigenvalue weighted by Gasteiger charge is 2.37. The zero-order chi connectivity index (χ0) is 23.3. The first-order valence-corrected chi connectivity index (χ1v) is 11.0. The number of aliphatic hydroxyl groups excluding tert-OH is 3. The van der Waals surface area contributed by atoms with Crippen molar-refractivity contribution >= 4 is 42.6 Å². The van der Waals surface area contributed by atoms with Crippen LogP contribution in [0.1, 0.15) is 20.8 Å². The van der Waals surface area contributed by atoms with Crippen LogP contribution in [-0.2, 0) is 14.3 Å². The number of hydrogen-bond donors (Lipinski definition) is 5. The Labute approximate surface area is 187 Å². The van der Waals surface area contributed by atoms with Crippen LogP contribution in [0.4, 0.5) is 5.69 Å². The van der Waals surface area contributed by atoms with E-state index >= 15 is 0 Å². The molecule has 0 radical (unpaired) electrons. The van der Waals surface area contributed by atoms with Gasteiger partial charge in [0.25, 0.3) is 5.91 Å². The van der Waals surface area contributed by atoms with Crippen molar-refractivity contribution < 1.29 is 29.6 Å². The largest absolute Gasteiger partial charge is 0.387 e. The number of amides is 2. The van der Waals surface area contributed by atoms with Gasteiger partial charge in [-0.1, -0.05) is 50.5 Å². The highest BCUT2D eigenvalue weighted by Crippen LogP contribution is 2.28. The third kappa shape index (κ3) is 6.82. The number of allylic oxidation sites excluding steroid dienone is 1. The van der Waals surface area contributed by atoms with E-state index in [4.69, 9.17) is 4.74 Å². The summed E-state index contributed by atoms with van der Waals surface area (Å²) in [6.45, 7) is 5.75. The third-order valence-electron chi connectivity index (χ3n) is 4.81. The molecule has 170 valence electrons. The van der Waals surface area contributed by atoms with Crippen molar-refractivity contribution in [2.24, 2.45) is 5.41 Å². The lowest BCUT2D eigenvalue weighted by Gasteiger charge is -2.28. The summed E-state index contributed by atoms with van der Waals surface area (Å²) < 4.78 is 5.08. The quantitative estimate of drug-likeness (QED) is 0.271. The van der Waals surface area contributed by atoms with Gasteiger partial charge in [0.1, 0.15) is 32.2 Å². The van der Waals surface area contributed by atoms with Gasteiger partial charge in [-0.3, -0.25) is 9.59 Å². The van der Waals surface area contributed by atoms with Gasteiger partial charge >= 0.3 is 0 Å². The third-order valence-corrected chi connectivity index (χ3v) is 6.14. The molecule has 5 N–H and O–H groups in total. The molecule has 0 saturated carbocycles. The van der Waals surface area contributed by atoms with Crippen molar-refractivity contribution in [1.82, 2.24) is 5.32 Å². The van der Waals surface area contributed by atoms with Crippen LogP contribution in [-0.4, -0.2) is 78.3 Å². The molecule has 1 heterocycles. The van der Waals surface area contributed by atoms with Gasteiger partial charge in [0.2, 0.25) is 5.91 Å². The summed E-state index contributed by atoms with van der Waals surface area (Å²) in [5, 5.41) is 36.3. The predicted octanol–water partition coefficient (Wildman–Crippen LogP) is -0.826. The van der Waals surface area contributed by atoms with Crippen molar-refractivity contribution in [3.8, 4) is 0 Å². The number of ether oxygens (including phenoxy) is 1. The zero-order valence-corrected chi connectivity index (χ0v) is 19.3. The lowest BCUT2D eigenvalue weighted by atomic mass is 9.94. The number of methoxy groups -OCH3 is 1. The fourth-order valence-corrected chi connectivity index (χ4v) is 4.19. The van der Waals surface area contributed by atoms with Gasteiger partial charge in [-0.25, -0.2) is 0 Å². The molecular weight excluding hydrogens is 419 g/mol. The molecule has 8 nitrogen and oxygen atoms in total. The number of benzene rings is 1. The normalized spacial score (nSPS) is 20.9. The maximum absolute atomic E-state index is 12.7. The second-order valence-electron chi connectivity index (χ2n) is 8.67. The maximum Gasteiger partial charge on any atom is 0.252 e. The minimum absolute atomic E-state index is 0.232. The number of nitrogens with one attached hydrogen (secondary N) is 2. The molecule has 0 fully saturated rings. The number of anilines is 1. The van der Waals surface area contributed by atoms with Crippen LogP contribution in [0.3, 0.4) is 0 Å². The van der Waals surface area contributed by atoms with Crippen LogP contribution in [0.2, 0.25) is 0 Å². The molecule has 31 heavy (non-hydrogen) atoms. The first-order chi connectivity index (χ1) is 14.4. The second-order valence-corrected chi connectivity index (χ2v) is 9.70. The van der Waals surface area contributed by atoms with E-state index in [0.29, 0.717) is 11.4 Å². The summed E-state index contributed by atoms with van der Waals surface area (Å²) in [5.74, 6) is -0.853. The Bertz CT molecular complexity index is 829. The number of carbonyl (C=O) groups is 2. The summed E-state index contributed by atoms with van der Waals surface area (Å²) in [7, 11) is 3.15. The average Bonchev–Trinajstić information content (AvgIpc) is 2.85. The van der Waals surface area contributed by atoms with Gasteiger partial charge in [-0.05, 0) is 11.5 Å². The first-order valence-electron chi connectivity index (χ1n) is 10.0. The van der Waals surface area contributed by atoms with Crippen molar-refractivity contribution in [1.29, 1.82) is 0 Å². The molecule has 1 unspecified atom stereocenters. The Balaban J connectivity index is 2.06. The van der Waals surface area contributed by atoms with E-state index in [-0.39, 0.29) is 11.3 Å². The molecule has 0 bridgehead atoms. The molecule has 0 saturated heterocycles. The number of rotatable bonds is 7. The smallest absolute Gasteiger partial charge is 0.252 e. The minimum Gasteiger partial charge on any atom is -0.387 e. The molecule has 0 aliphatic carbocycles. The summed E-state index contributed by atoms with van der Waals surface area (Å²) in [6.07, 6.45) is -3.16. The molecule has 0 spiro atoms. The number of carbonyl (C=O) groups excluding carboxylic acids is 2. The fourth-order valence-electron chi connectivity index (χ4n) is 3.05. The van der Waals surface area contributed by atoms with Crippen molar-refractivity contribution in [3.05, 3.63) is 30.4 Å². The molecule has 1 aromatic carbocycles. The Kier molecular flexibility index (Phi) is 8.73. The molecule has 0 aromatic heterocycles. The van der Waals surface area contributed by atoms with E-state index in [2.05, 4.69) is 10.6 Å². The number of aliphatic hydroxyl groups is 3. The van der Waals surface area contributed by atoms with Gasteiger partial charge in [0.05, 0.1) is 5.69 Å². The number of hydrogen-bond acceptors (Lipinski definition) is 7. The molecule has 1 aromatic rings. The molecule has 2 amide bonds. The highest BCUT2D eigenvalue weighted by molar-refractivity contribution is 7.99. The Morgan fingerprint density at radius 1 is 1.32 bits per heavy atom. The Morgan fingerprint density at radius 2 is 2.00 bits per heavy atom. The SMILES string of the molecule is Bc1cccc2c1SCC(NC(=O)[C@H](OC)[C@H](O)[C@@H](O)[C@H](O)/C=C/C(C)(C)C)C(=O)N2. The van der Waals surface area contributed by atoms with E-state index in [9.17, 15) is 24.9 Å². The average molecular weight is 450 g/mol. The molecular formula is C21H31BN2O6S. The van der Waals surface area contributed by atoms with E-state index in [0.717, 1.165) is 10.4 Å². The summed E-state index contributed by atoms with van der Waals surface area (Å²) in [4.78, 5) is 26.2. The van der Waals surface area contributed by atoms with E-state index < -0.39 is 36.4 Å². The first kappa shape index (κ1) is 25.4. The molecule has 5 atom stereocenters. The topological polar surface area (TPSA) is 128 Å². The van der Waals surface area contributed by atoms with Crippen LogP contribution >= 0.6 is 11.8 Å². The number of thioether (sulfide) groups is 1. The van der Waals surface area contributed by atoms with E-state index in [1.165, 1.54) is 24.9 Å². The summed E-state index contributed by atoms with van der Waals surface area (Å²) in [6, 6.07) is 4.71. The standard InChI is InChI=1S/C21H31BN2O6S/c1-21(2,3)9-8-14(25)15(26)16(27)17(30-4)20(29)24-13-10-31-18-11(22)6-5-7-12(18)23-19(13)28/h5-9,13-17,25-27H,10,22H2,1-4H3,(H,23,28)(H,24,29)/b9-8+/t13?,14-,15+,16-,17-/m1/s1. The Hall–Kier alpha value is -1.85. The van der Waals surface area contributed by atoms with Crippen molar-refractivity contribution in [2.45, 2.75) is 56.1 Å². The summed E-state index contributed by atoms with van der Waals surface area (Å²) in [5.41, 5.74) is 1.46. The maximum atomic E-state index is 12.7. The molecule has 1 aliphatic heterocycles. The van der Waals surface area contributed by atoms with Crippen LogP contribution < -0.4 is 16.1 Å². The Morgan fingerprint density at radius 3 is 2.61 bits per heavy atom. The lowest BCUT2D eigenvalue weighted by molar-refractivity contribution is -0.150. The van der Waals surface area contributed by atoms with Gasteiger partial charge < -0.3 is 30.7 Å². The van der Waals surface area contributed by atoms with Crippen LogP contribution in [0.5, 0.6) is 0 Å². The predicted molar refractivity (Wildman–Crippen MR) is 123 cm³/mol. The van der Waals surface area contributed by atoms with Crippen molar-refractivity contribution in [3.63, 3.8) is 0 Å². The highest BCUT2D eigenvalue weighted by atomic mass is 32.2. The molecule has 1 aliphatic rings. The van der Waals surface area contributed by atoms with Gasteiger partial charge in [0, 0.05) is 17.8 Å². The second kappa shape index (κ2) is 10.6.